The third-order valence-corrected chi connectivity index (χ3v) is 5.33. The first-order valence-electron chi connectivity index (χ1n) is 9.46. The summed E-state index contributed by atoms with van der Waals surface area (Å²) in [6, 6.07) is 16.6. The summed E-state index contributed by atoms with van der Waals surface area (Å²) in [4.78, 5) is 2.45. The SMILES string of the molecule is CCN(CC)CCCC(OC)(c1ccccc1)c1ccc2c(c1)OCO2. The number of methoxy groups -OCH3 is 1. The topological polar surface area (TPSA) is 30.9 Å². The van der Waals surface area contributed by atoms with Crippen molar-refractivity contribution in [2.45, 2.75) is 32.3 Å². The molecule has 4 nitrogen and oxygen atoms in total. The fraction of sp³-hybridized carbons (Fsp3) is 0.455. The molecule has 0 radical (unpaired) electrons. The smallest absolute Gasteiger partial charge is 0.231 e. The standard InChI is InChI=1S/C22H29NO3/c1-4-23(5-2)15-9-14-22(24-3,18-10-7-6-8-11-18)19-12-13-20-21(16-19)26-17-25-20/h6-8,10-13,16H,4-5,9,14-15,17H2,1-3H3. The summed E-state index contributed by atoms with van der Waals surface area (Å²) in [6.07, 6.45) is 1.96. The van der Waals surface area contributed by atoms with Crippen LogP contribution in [0, 0.1) is 0 Å². The first kappa shape index (κ1) is 18.7. The number of hydrogen-bond acceptors (Lipinski definition) is 4. The molecular weight excluding hydrogens is 326 g/mol. The van der Waals surface area contributed by atoms with E-state index in [1.807, 2.05) is 12.1 Å². The van der Waals surface area contributed by atoms with Crippen LogP contribution < -0.4 is 9.47 Å². The molecule has 0 aromatic heterocycles. The third-order valence-electron chi connectivity index (χ3n) is 5.33. The first-order chi connectivity index (χ1) is 12.7. The van der Waals surface area contributed by atoms with Crippen molar-refractivity contribution in [3.05, 3.63) is 59.7 Å². The Morgan fingerprint density at radius 3 is 2.38 bits per heavy atom. The maximum Gasteiger partial charge on any atom is 0.231 e. The van der Waals surface area contributed by atoms with Crippen LogP contribution in [0.2, 0.25) is 0 Å². The van der Waals surface area contributed by atoms with Gasteiger partial charge in [0.05, 0.1) is 0 Å². The predicted molar refractivity (Wildman–Crippen MR) is 104 cm³/mol. The molecule has 140 valence electrons. The summed E-state index contributed by atoms with van der Waals surface area (Å²) in [7, 11) is 1.80. The fourth-order valence-electron chi connectivity index (χ4n) is 3.74. The normalized spacial score (nSPS) is 15.2. The Bertz CT molecular complexity index is 700. The van der Waals surface area contributed by atoms with Gasteiger partial charge in [0.15, 0.2) is 11.5 Å². The molecule has 0 aliphatic carbocycles. The van der Waals surface area contributed by atoms with Crippen LogP contribution in [0.3, 0.4) is 0 Å². The van der Waals surface area contributed by atoms with Gasteiger partial charge in [-0.1, -0.05) is 50.2 Å². The van der Waals surface area contributed by atoms with Crippen molar-refractivity contribution in [1.29, 1.82) is 0 Å². The van der Waals surface area contributed by atoms with Crippen molar-refractivity contribution < 1.29 is 14.2 Å². The van der Waals surface area contributed by atoms with Gasteiger partial charge in [-0.3, -0.25) is 0 Å². The summed E-state index contributed by atoms with van der Waals surface area (Å²) in [6.45, 7) is 7.92. The van der Waals surface area contributed by atoms with E-state index in [1.165, 1.54) is 5.56 Å². The Morgan fingerprint density at radius 1 is 0.962 bits per heavy atom. The van der Waals surface area contributed by atoms with E-state index in [0.29, 0.717) is 0 Å². The Balaban J connectivity index is 1.93. The van der Waals surface area contributed by atoms with E-state index in [4.69, 9.17) is 14.2 Å². The Hall–Kier alpha value is -2.04. The average molecular weight is 355 g/mol. The van der Waals surface area contributed by atoms with Gasteiger partial charge in [0.1, 0.15) is 5.60 Å². The highest BCUT2D eigenvalue weighted by atomic mass is 16.7. The van der Waals surface area contributed by atoms with Crippen LogP contribution in [0.5, 0.6) is 11.5 Å². The Labute approximate surface area is 156 Å². The highest BCUT2D eigenvalue weighted by molar-refractivity contribution is 5.48. The lowest BCUT2D eigenvalue weighted by Gasteiger charge is -2.34. The Morgan fingerprint density at radius 2 is 1.69 bits per heavy atom. The molecule has 0 amide bonds. The summed E-state index contributed by atoms with van der Waals surface area (Å²) in [5.41, 5.74) is 1.78. The van der Waals surface area contributed by atoms with E-state index in [1.54, 1.807) is 7.11 Å². The van der Waals surface area contributed by atoms with Crippen LogP contribution in [0.15, 0.2) is 48.5 Å². The molecule has 0 saturated carbocycles. The van der Waals surface area contributed by atoms with E-state index in [-0.39, 0.29) is 6.79 Å². The third kappa shape index (κ3) is 3.71. The molecule has 1 unspecified atom stereocenters. The first-order valence-corrected chi connectivity index (χ1v) is 9.46. The van der Waals surface area contributed by atoms with E-state index in [9.17, 15) is 0 Å². The van der Waals surface area contributed by atoms with Crippen molar-refractivity contribution in [3.8, 4) is 11.5 Å². The second kappa shape index (κ2) is 8.56. The van der Waals surface area contributed by atoms with Crippen LogP contribution in [0.1, 0.15) is 37.8 Å². The van der Waals surface area contributed by atoms with E-state index >= 15 is 0 Å². The number of rotatable bonds is 9. The number of fused-ring (bicyclic) bond motifs is 1. The molecule has 3 rings (SSSR count). The summed E-state index contributed by atoms with van der Waals surface area (Å²) >= 11 is 0. The quantitative estimate of drug-likeness (QED) is 0.666. The van der Waals surface area contributed by atoms with Crippen LogP contribution in [-0.4, -0.2) is 38.4 Å². The monoisotopic (exact) mass is 355 g/mol. The number of benzene rings is 2. The van der Waals surface area contributed by atoms with Crippen LogP contribution in [0.4, 0.5) is 0 Å². The minimum atomic E-state index is -0.491. The minimum Gasteiger partial charge on any atom is -0.454 e. The molecular formula is C22H29NO3. The molecule has 2 aromatic carbocycles. The van der Waals surface area contributed by atoms with Gasteiger partial charge in [-0.2, -0.15) is 0 Å². The molecule has 26 heavy (non-hydrogen) atoms. The molecule has 0 bridgehead atoms. The summed E-state index contributed by atoms with van der Waals surface area (Å²) < 4.78 is 17.3. The van der Waals surface area contributed by atoms with Crippen LogP contribution in [0.25, 0.3) is 0 Å². The highest BCUT2D eigenvalue weighted by Crippen LogP contribution is 2.42. The van der Waals surface area contributed by atoms with Crippen LogP contribution in [-0.2, 0) is 10.3 Å². The zero-order chi connectivity index (χ0) is 18.4. The van der Waals surface area contributed by atoms with Gasteiger partial charge in [0.25, 0.3) is 0 Å². The zero-order valence-electron chi connectivity index (χ0n) is 16.0. The van der Waals surface area contributed by atoms with Gasteiger partial charge in [0.2, 0.25) is 6.79 Å². The van der Waals surface area contributed by atoms with Crippen molar-refractivity contribution in [2.24, 2.45) is 0 Å². The van der Waals surface area contributed by atoms with Gasteiger partial charge in [-0.05, 0) is 55.7 Å². The van der Waals surface area contributed by atoms with Crippen molar-refractivity contribution in [3.63, 3.8) is 0 Å². The van der Waals surface area contributed by atoms with Gasteiger partial charge in [-0.25, -0.2) is 0 Å². The largest absolute Gasteiger partial charge is 0.454 e. The zero-order valence-corrected chi connectivity index (χ0v) is 16.0. The molecule has 0 fully saturated rings. The lowest BCUT2D eigenvalue weighted by molar-refractivity contribution is 0.0107. The molecule has 0 saturated heterocycles. The second-order valence-corrected chi connectivity index (χ2v) is 6.60. The molecule has 1 atom stereocenters. The highest BCUT2D eigenvalue weighted by Gasteiger charge is 2.35. The van der Waals surface area contributed by atoms with Crippen LogP contribution >= 0.6 is 0 Å². The maximum atomic E-state index is 6.20. The lowest BCUT2D eigenvalue weighted by atomic mass is 9.82. The lowest BCUT2D eigenvalue weighted by Crippen LogP contribution is -2.32. The molecule has 0 N–H and O–H groups in total. The molecule has 4 heteroatoms. The Kier molecular flexibility index (Phi) is 6.17. The van der Waals surface area contributed by atoms with Crippen molar-refractivity contribution in [2.75, 3.05) is 33.5 Å². The van der Waals surface area contributed by atoms with E-state index in [0.717, 1.165) is 49.5 Å². The van der Waals surface area contributed by atoms with E-state index in [2.05, 4.69) is 55.1 Å². The predicted octanol–water partition coefficient (Wildman–Crippen LogP) is 4.43. The van der Waals surface area contributed by atoms with Gasteiger partial charge in [-0.15, -0.1) is 0 Å². The number of ether oxygens (including phenoxy) is 3. The van der Waals surface area contributed by atoms with E-state index < -0.39 is 5.60 Å². The molecule has 0 spiro atoms. The maximum absolute atomic E-state index is 6.20. The van der Waals surface area contributed by atoms with Gasteiger partial charge < -0.3 is 19.1 Å². The summed E-state index contributed by atoms with van der Waals surface area (Å²) in [5, 5.41) is 0. The number of hydrogen-bond donors (Lipinski definition) is 0. The summed E-state index contributed by atoms with van der Waals surface area (Å²) in [5.74, 6) is 1.60. The minimum absolute atomic E-state index is 0.284. The fourth-order valence-corrected chi connectivity index (χ4v) is 3.74. The molecule has 1 heterocycles. The van der Waals surface area contributed by atoms with Gasteiger partial charge >= 0.3 is 0 Å². The number of nitrogens with zero attached hydrogens (tertiary/aromatic N) is 1. The average Bonchev–Trinajstić information content (AvgIpc) is 3.17. The molecule has 1 aliphatic rings. The van der Waals surface area contributed by atoms with Crippen molar-refractivity contribution >= 4 is 0 Å². The second-order valence-electron chi connectivity index (χ2n) is 6.60. The molecule has 2 aromatic rings. The van der Waals surface area contributed by atoms with Crippen molar-refractivity contribution in [1.82, 2.24) is 4.90 Å². The van der Waals surface area contributed by atoms with Gasteiger partial charge in [0, 0.05) is 7.11 Å². The molecule has 1 aliphatic heterocycles.